The van der Waals surface area contributed by atoms with E-state index in [1.165, 1.54) is 31.3 Å². The summed E-state index contributed by atoms with van der Waals surface area (Å²) in [5.74, 6) is -0.269. The molecule has 1 amide bonds. The van der Waals surface area contributed by atoms with Crippen LogP contribution in [0, 0.1) is 0 Å². The van der Waals surface area contributed by atoms with E-state index in [0.29, 0.717) is 0 Å². The summed E-state index contributed by atoms with van der Waals surface area (Å²) in [5.41, 5.74) is 0. The van der Waals surface area contributed by atoms with Crippen LogP contribution in [0.5, 0.6) is 0 Å². The van der Waals surface area contributed by atoms with Gasteiger partial charge in [-0.05, 0) is 0 Å². The van der Waals surface area contributed by atoms with Gasteiger partial charge in [-0.25, -0.2) is 4.98 Å². The number of hydrogen-bond acceptors (Lipinski definition) is 6. The Bertz CT molecular complexity index is 333. The Hall–Kier alpha value is -2.31. The summed E-state index contributed by atoms with van der Waals surface area (Å²) < 4.78 is 9.12. The van der Waals surface area contributed by atoms with Crippen LogP contribution in [0.4, 0.5) is 0 Å². The monoisotopic (exact) mass is 222 g/mol. The fourth-order valence-corrected chi connectivity index (χ4v) is 0.660. The first-order chi connectivity index (χ1) is 7.89. The van der Waals surface area contributed by atoms with E-state index in [0.717, 1.165) is 13.2 Å². The molecule has 0 aliphatic carbocycles. The van der Waals surface area contributed by atoms with E-state index in [1.807, 2.05) is 0 Å². The average molecular weight is 222 g/mol. The maximum atomic E-state index is 9.90. The molecule has 0 radical (unpaired) electrons. The molecule has 16 heavy (non-hydrogen) atoms. The van der Waals surface area contributed by atoms with Gasteiger partial charge >= 0.3 is 0 Å². The minimum Gasteiger partial charge on any atom is -0.482 e. The zero-order chi connectivity index (χ0) is 11.5. The van der Waals surface area contributed by atoms with Crippen LogP contribution >= 0.6 is 0 Å². The lowest BCUT2D eigenvalue weighted by Gasteiger charge is -1.76. The summed E-state index contributed by atoms with van der Waals surface area (Å²) in [5, 5.41) is 6.37. The molecule has 84 valence electrons. The summed E-state index contributed by atoms with van der Waals surface area (Å²) >= 11 is 0. The van der Waals surface area contributed by atoms with Crippen LogP contribution in [-0.4, -0.2) is 30.4 Å². The van der Waals surface area contributed by atoms with E-state index in [2.05, 4.69) is 29.4 Å². The summed E-state index contributed by atoms with van der Waals surface area (Å²) in [6.45, 7) is 1.62. The fraction of sp³-hybridized carbons (Fsp3) is 0.222. The van der Waals surface area contributed by atoms with Gasteiger partial charge in [-0.15, -0.1) is 5.11 Å². The van der Waals surface area contributed by atoms with E-state index >= 15 is 0 Å². The van der Waals surface area contributed by atoms with Crippen molar-refractivity contribution in [2.24, 2.45) is 15.2 Å². The number of amides is 1. The van der Waals surface area contributed by atoms with Gasteiger partial charge in [0, 0.05) is 6.08 Å². The third-order valence-corrected chi connectivity index (χ3v) is 1.27. The Morgan fingerprint density at radius 2 is 2.31 bits per heavy atom. The summed E-state index contributed by atoms with van der Waals surface area (Å²) in [7, 11) is 0. The second kappa shape index (κ2) is 8.04. The fourth-order valence-electron chi connectivity index (χ4n) is 0.660. The van der Waals surface area contributed by atoms with Crippen molar-refractivity contribution in [3.05, 3.63) is 31.1 Å². The molecule has 0 spiro atoms. The lowest BCUT2D eigenvalue weighted by molar-refractivity contribution is -0.113. The molecular weight excluding hydrogens is 212 g/mol. The third-order valence-electron chi connectivity index (χ3n) is 1.27. The molecule has 7 nitrogen and oxygen atoms in total. The normalized spacial score (nSPS) is 14.9. The predicted octanol–water partition coefficient (Wildman–Crippen LogP) is 1.21. The van der Waals surface area contributed by atoms with Crippen molar-refractivity contribution in [3.63, 3.8) is 0 Å². The number of aromatic nitrogens is 1. The van der Waals surface area contributed by atoms with Gasteiger partial charge in [0.25, 0.3) is 5.91 Å². The zero-order valence-corrected chi connectivity index (χ0v) is 8.39. The predicted molar refractivity (Wildman–Crippen MR) is 54.8 cm³/mol. The molecule has 0 atom stereocenters. The van der Waals surface area contributed by atoms with Crippen LogP contribution in [0.1, 0.15) is 0 Å². The maximum Gasteiger partial charge on any atom is 0.289 e. The van der Waals surface area contributed by atoms with Gasteiger partial charge in [0.2, 0.25) is 0 Å². The SMILES string of the molecule is C1=NCCO1.O=C1C=CN=N1.c1cocn1. The Balaban J connectivity index is 0.000000121. The van der Waals surface area contributed by atoms with Crippen LogP contribution in [0.3, 0.4) is 0 Å². The number of carbonyl (C=O) groups excluding carboxylic acids is 1. The highest BCUT2D eigenvalue weighted by atomic mass is 16.5. The van der Waals surface area contributed by atoms with Crippen molar-refractivity contribution in [1.82, 2.24) is 4.98 Å². The first-order valence-corrected chi connectivity index (χ1v) is 4.43. The number of oxazole rings is 1. The average Bonchev–Trinajstić information content (AvgIpc) is 3.07. The Morgan fingerprint density at radius 3 is 2.50 bits per heavy atom. The molecule has 0 saturated heterocycles. The second-order valence-electron chi connectivity index (χ2n) is 2.43. The Labute approximate surface area is 91.6 Å². The molecule has 3 rings (SSSR count). The van der Waals surface area contributed by atoms with Crippen molar-refractivity contribution in [3.8, 4) is 0 Å². The van der Waals surface area contributed by atoms with E-state index in [4.69, 9.17) is 0 Å². The number of azo groups is 1. The number of ether oxygens (including phenoxy) is 1. The van der Waals surface area contributed by atoms with E-state index in [-0.39, 0.29) is 5.91 Å². The van der Waals surface area contributed by atoms with Gasteiger partial charge in [0.1, 0.15) is 12.9 Å². The quantitative estimate of drug-likeness (QED) is 0.659. The van der Waals surface area contributed by atoms with Gasteiger partial charge in [0.15, 0.2) is 12.8 Å². The number of rotatable bonds is 0. The molecule has 0 saturated carbocycles. The molecule has 1 aromatic rings. The molecule has 0 N–H and O–H groups in total. The van der Waals surface area contributed by atoms with Crippen molar-refractivity contribution < 1.29 is 13.9 Å². The molecule has 2 aliphatic rings. The van der Waals surface area contributed by atoms with Crippen LogP contribution in [0.2, 0.25) is 0 Å². The van der Waals surface area contributed by atoms with E-state index in [1.54, 1.807) is 6.20 Å². The Morgan fingerprint density at radius 1 is 1.38 bits per heavy atom. The van der Waals surface area contributed by atoms with E-state index in [9.17, 15) is 4.79 Å². The lowest BCUT2D eigenvalue weighted by atomic mass is 10.6. The largest absolute Gasteiger partial charge is 0.482 e. The molecule has 3 heterocycles. The van der Waals surface area contributed by atoms with Gasteiger partial charge in [0.05, 0.1) is 18.9 Å². The van der Waals surface area contributed by atoms with Gasteiger partial charge in [-0.3, -0.25) is 9.79 Å². The van der Waals surface area contributed by atoms with Crippen molar-refractivity contribution in [2.45, 2.75) is 0 Å². The molecule has 7 heteroatoms. The topological polar surface area (TPSA) is 89.4 Å². The highest BCUT2D eigenvalue weighted by Crippen LogP contribution is 1.90. The lowest BCUT2D eigenvalue weighted by Crippen LogP contribution is -1.80. The first-order valence-electron chi connectivity index (χ1n) is 4.43. The zero-order valence-electron chi connectivity index (χ0n) is 8.39. The van der Waals surface area contributed by atoms with Crippen LogP contribution in [0.15, 0.2) is 50.8 Å². The maximum absolute atomic E-state index is 9.90. The molecule has 2 aliphatic heterocycles. The van der Waals surface area contributed by atoms with Crippen molar-refractivity contribution in [2.75, 3.05) is 13.2 Å². The summed E-state index contributed by atoms with van der Waals surface area (Å²) in [6.07, 6.45) is 8.63. The Kier molecular flexibility index (Phi) is 5.91. The standard InChI is InChI=1S/C3H2N2O.C3H5NO.C3H3NO/c6-3-1-2-4-5-3;2*1-2-5-3-4-1/h1-2H;3H,1-2H2;1-3H. The second-order valence-corrected chi connectivity index (χ2v) is 2.43. The van der Waals surface area contributed by atoms with Gasteiger partial charge in [-0.1, -0.05) is 0 Å². The van der Waals surface area contributed by atoms with Gasteiger partial charge in [-0.2, -0.15) is 5.11 Å². The van der Waals surface area contributed by atoms with Crippen LogP contribution in [0.25, 0.3) is 0 Å². The highest BCUT2D eigenvalue weighted by Gasteiger charge is 1.92. The van der Waals surface area contributed by atoms with Crippen molar-refractivity contribution in [1.29, 1.82) is 0 Å². The number of carbonyl (C=O) groups is 1. The minimum absolute atomic E-state index is 0.269. The molecule has 0 unspecified atom stereocenters. The first kappa shape index (κ1) is 11.8. The molecule has 0 fully saturated rings. The number of hydrogen-bond donors (Lipinski definition) is 0. The molecule has 0 bridgehead atoms. The summed E-state index contributed by atoms with van der Waals surface area (Å²) in [4.78, 5) is 17.2. The molecule has 1 aromatic heterocycles. The van der Waals surface area contributed by atoms with Crippen LogP contribution < -0.4 is 0 Å². The van der Waals surface area contributed by atoms with Crippen molar-refractivity contribution >= 4 is 12.3 Å². The van der Waals surface area contributed by atoms with E-state index < -0.39 is 0 Å². The molecular formula is C9H10N4O3. The smallest absolute Gasteiger partial charge is 0.289 e. The minimum atomic E-state index is -0.269. The highest BCUT2D eigenvalue weighted by molar-refractivity contribution is 5.89. The third kappa shape index (κ3) is 6.19. The van der Waals surface area contributed by atoms with Crippen LogP contribution in [-0.2, 0) is 9.53 Å². The number of nitrogens with zero attached hydrogens (tertiary/aromatic N) is 4. The molecule has 0 aromatic carbocycles. The van der Waals surface area contributed by atoms with Gasteiger partial charge < -0.3 is 9.15 Å². The summed E-state index contributed by atoms with van der Waals surface area (Å²) in [6, 6.07) is 0. The number of aliphatic imine (C=N–C) groups is 1.